The van der Waals surface area contributed by atoms with E-state index in [4.69, 9.17) is 16.9 Å². The molecule has 0 amide bonds. The van der Waals surface area contributed by atoms with Crippen molar-refractivity contribution < 1.29 is 13.2 Å². The second kappa shape index (κ2) is 3.21. The van der Waals surface area contributed by atoms with Crippen molar-refractivity contribution in [3.63, 3.8) is 0 Å². The zero-order valence-corrected chi connectivity index (χ0v) is 7.02. The maximum Gasteiger partial charge on any atom is 0.417 e. The Morgan fingerprint density at radius 1 is 1.29 bits per heavy atom. The summed E-state index contributed by atoms with van der Waals surface area (Å²) in [6.45, 7) is 0. The van der Waals surface area contributed by atoms with Gasteiger partial charge in [-0.2, -0.15) is 13.2 Å². The van der Waals surface area contributed by atoms with E-state index in [2.05, 4.69) is 0 Å². The summed E-state index contributed by atoms with van der Waals surface area (Å²) in [5, 5.41) is 6.96. The molecule has 6 heteroatoms. The number of anilines is 1. The Hall–Kier alpha value is -1.72. The van der Waals surface area contributed by atoms with E-state index in [9.17, 15) is 13.2 Å². The number of benzene rings is 1. The van der Waals surface area contributed by atoms with E-state index in [1.807, 2.05) is 0 Å². The zero-order chi connectivity index (χ0) is 10.9. The SMILES string of the molecule is N=C(N)c1ccc(N)cc1C(F)(F)F. The van der Waals surface area contributed by atoms with Crippen LogP contribution in [0.25, 0.3) is 0 Å². The lowest BCUT2D eigenvalue weighted by molar-refractivity contribution is -0.137. The first-order valence-electron chi connectivity index (χ1n) is 3.63. The highest BCUT2D eigenvalue weighted by Crippen LogP contribution is 2.32. The number of nitrogens with two attached hydrogens (primary N) is 2. The van der Waals surface area contributed by atoms with Crippen LogP contribution in [0.2, 0.25) is 0 Å². The topological polar surface area (TPSA) is 75.9 Å². The smallest absolute Gasteiger partial charge is 0.399 e. The minimum atomic E-state index is -4.55. The predicted octanol–water partition coefficient (Wildman–Crippen LogP) is 1.57. The molecule has 0 bridgehead atoms. The first-order chi connectivity index (χ1) is 6.32. The molecule has 0 fully saturated rings. The lowest BCUT2D eigenvalue weighted by atomic mass is 10.1. The molecule has 0 aromatic heterocycles. The van der Waals surface area contributed by atoms with E-state index in [0.717, 1.165) is 12.1 Å². The van der Waals surface area contributed by atoms with Gasteiger partial charge in [0, 0.05) is 11.3 Å². The third kappa shape index (κ3) is 1.95. The summed E-state index contributed by atoms with van der Waals surface area (Å²) in [6.07, 6.45) is -4.55. The standard InChI is InChI=1S/C8H8F3N3/c9-8(10,11)6-3-4(12)1-2-5(6)7(13)14/h1-3H,12H2,(H3,13,14). The van der Waals surface area contributed by atoms with Crippen molar-refractivity contribution in [1.82, 2.24) is 0 Å². The number of amidine groups is 1. The number of nitrogen functional groups attached to an aromatic ring is 2. The van der Waals surface area contributed by atoms with E-state index >= 15 is 0 Å². The molecule has 3 nitrogen and oxygen atoms in total. The van der Waals surface area contributed by atoms with Crippen LogP contribution in [-0.2, 0) is 6.18 Å². The van der Waals surface area contributed by atoms with Crippen molar-refractivity contribution in [3.05, 3.63) is 29.3 Å². The van der Waals surface area contributed by atoms with Gasteiger partial charge >= 0.3 is 6.18 Å². The van der Waals surface area contributed by atoms with Gasteiger partial charge in [0.05, 0.1) is 5.56 Å². The van der Waals surface area contributed by atoms with E-state index in [1.54, 1.807) is 0 Å². The highest BCUT2D eigenvalue weighted by molar-refractivity contribution is 5.97. The third-order valence-electron chi connectivity index (χ3n) is 1.64. The van der Waals surface area contributed by atoms with Gasteiger partial charge < -0.3 is 11.5 Å². The van der Waals surface area contributed by atoms with Gasteiger partial charge in [-0.1, -0.05) is 0 Å². The molecule has 76 valence electrons. The lowest BCUT2D eigenvalue weighted by Crippen LogP contribution is -2.19. The highest BCUT2D eigenvalue weighted by Gasteiger charge is 2.34. The summed E-state index contributed by atoms with van der Waals surface area (Å²) in [7, 11) is 0. The minimum Gasteiger partial charge on any atom is -0.399 e. The lowest BCUT2D eigenvalue weighted by Gasteiger charge is -2.12. The summed E-state index contributed by atoms with van der Waals surface area (Å²) in [6, 6.07) is 3.11. The second-order valence-corrected chi connectivity index (χ2v) is 2.72. The molecule has 0 aliphatic carbocycles. The second-order valence-electron chi connectivity index (χ2n) is 2.72. The van der Waals surface area contributed by atoms with Gasteiger partial charge in [0.1, 0.15) is 5.84 Å². The van der Waals surface area contributed by atoms with E-state index in [0.29, 0.717) is 0 Å². The molecule has 0 spiro atoms. The summed E-state index contributed by atoms with van der Waals surface area (Å²) < 4.78 is 37.1. The van der Waals surface area contributed by atoms with Crippen molar-refractivity contribution >= 4 is 11.5 Å². The van der Waals surface area contributed by atoms with Gasteiger partial charge in [0.25, 0.3) is 0 Å². The van der Waals surface area contributed by atoms with Gasteiger partial charge in [-0.25, -0.2) is 0 Å². The fourth-order valence-electron chi connectivity index (χ4n) is 1.03. The monoisotopic (exact) mass is 203 g/mol. The van der Waals surface area contributed by atoms with Crippen molar-refractivity contribution in [2.75, 3.05) is 5.73 Å². The summed E-state index contributed by atoms with van der Waals surface area (Å²) >= 11 is 0. The summed E-state index contributed by atoms with van der Waals surface area (Å²) in [5.41, 5.74) is 8.87. The average Bonchev–Trinajstić information content (AvgIpc) is 2.01. The number of alkyl halides is 3. The summed E-state index contributed by atoms with van der Waals surface area (Å²) in [5.74, 6) is -0.627. The zero-order valence-electron chi connectivity index (χ0n) is 7.02. The molecule has 0 heterocycles. The minimum absolute atomic E-state index is 0.0117. The molecule has 1 aromatic carbocycles. The fraction of sp³-hybridized carbons (Fsp3) is 0.125. The van der Waals surface area contributed by atoms with Crippen LogP contribution in [0.15, 0.2) is 18.2 Å². The van der Waals surface area contributed by atoms with Crippen LogP contribution in [0, 0.1) is 5.41 Å². The molecule has 0 saturated heterocycles. The normalized spacial score (nSPS) is 11.4. The molecule has 14 heavy (non-hydrogen) atoms. The molecular weight excluding hydrogens is 195 g/mol. The fourth-order valence-corrected chi connectivity index (χ4v) is 1.03. The Bertz CT molecular complexity index is 371. The maximum absolute atomic E-state index is 12.4. The Morgan fingerprint density at radius 2 is 1.86 bits per heavy atom. The van der Waals surface area contributed by atoms with Gasteiger partial charge in [0.15, 0.2) is 0 Å². The Morgan fingerprint density at radius 3 is 2.29 bits per heavy atom. The van der Waals surface area contributed by atoms with Crippen molar-refractivity contribution in [2.45, 2.75) is 6.18 Å². The van der Waals surface area contributed by atoms with E-state index in [-0.39, 0.29) is 11.3 Å². The number of rotatable bonds is 1. The van der Waals surface area contributed by atoms with E-state index < -0.39 is 17.6 Å². The Labute approximate surface area is 78.0 Å². The molecule has 1 rings (SSSR count). The third-order valence-corrected chi connectivity index (χ3v) is 1.64. The molecule has 5 N–H and O–H groups in total. The molecule has 0 atom stereocenters. The van der Waals surface area contributed by atoms with Crippen LogP contribution < -0.4 is 11.5 Å². The maximum atomic E-state index is 12.4. The molecule has 1 aromatic rings. The van der Waals surface area contributed by atoms with Crippen LogP contribution in [-0.4, -0.2) is 5.84 Å². The molecule has 0 unspecified atom stereocenters. The van der Waals surface area contributed by atoms with E-state index in [1.165, 1.54) is 6.07 Å². The van der Waals surface area contributed by atoms with Crippen LogP contribution in [0.4, 0.5) is 18.9 Å². The first-order valence-corrected chi connectivity index (χ1v) is 3.63. The number of nitrogens with one attached hydrogen (secondary N) is 1. The quantitative estimate of drug-likeness (QED) is 0.368. The number of hydrogen-bond donors (Lipinski definition) is 3. The van der Waals surface area contributed by atoms with Gasteiger partial charge in [0.2, 0.25) is 0 Å². The first kappa shape index (κ1) is 10.4. The Kier molecular flexibility index (Phi) is 2.37. The molecule has 0 saturated carbocycles. The van der Waals surface area contributed by atoms with Crippen molar-refractivity contribution in [3.8, 4) is 0 Å². The molecule has 0 aliphatic heterocycles. The van der Waals surface area contributed by atoms with Crippen LogP contribution in [0.1, 0.15) is 11.1 Å². The summed E-state index contributed by atoms with van der Waals surface area (Å²) in [4.78, 5) is 0. The predicted molar refractivity (Wildman–Crippen MR) is 46.9 cm³/mol. The van der Waals surface area contributed by atoms with Crippen LogP contribution in [0.3, 0.4) is 0 Å². The molecular formula is C8H8F3N3. The number of halogens is 3. The highest BCUT2D eigenvalue weighted by atomic mass is 19.4. The molecule has 0 aliphatic rings. The average molecular weight is 203 g/mol. The van der Waals surface area contributed by atoms with Gasteiger partial charge in [-0.05, 0) is 18.2 Å². The van der Waals surface area contributed by atoms with Crippen molar-refractivity contribution in [1.29, 1.82) is 5.41 Å². The van der Waals surface area contributed by atoms with Gasteiger partial charge in [-0.3, -0.25) is 5.41 Å². The van der Waals surface area contributed by atoms with Crippen LogP contribution in [0.5, 0.6) is 0 Å². The van der Waals surface area contributed by atoms with Crippen LogP contribution >= 0.6 is 0 Å². The number of hydrogen-bond acceptors (Lipinski definition) is 2. The Balaban J connectivity index is 3.38. The largest absolute Gasteiger partial charge is 0.417 e. The van der Waals surface area contributed by atoms with Gasteiger partial charge in [-0.15, -0.1) is 0 Å². The van der Waals surface area contributed by atoms with Crippen molar-refractivity contribution in [2.24, 2.45) is 5.73 Å². The molecule has 0 radical (unpaired) electrons.